The van der Waals surface area contributed by atoms with Crippen LogP contribution in [0.4, 0.5) is 5.69 Å². The van der Waals surface area contributed by atoms with Gasteiger partial charge in [0.2, 0.25) is 5.91 Å². The lowest BCUT2D eigenvalue weighted by Gasteiger charge is -2.37. The molecule has 0 saturated carbocycles. The van der Waals surface area contributed by atoms with E-state index in [1.165, 1.54) is 0 Å². The summed E-state index contributed by atoms with van der Waals surface area (Å²) >= 11 is 5.51. The molecule has 1 aromatic heterocycles. The molecule has 0 aromatic carbocycles. The largest absolute Gasteiger partial charge is 0.345 e. The van der Waals surface area contributed by atoms with Gasteiger partial charge < -0.3 is 15.1 Å². The molecule has 25 heavy (non-hydrogen) atoms. The molecular weight excluding hydrogens is 336 g/mol. The number of thiocarbonyl (C=S) groups is 1. The lowest BCUT2D eigenvalue weighted by molar-refractivity contribution is -0.116. The van der Waals surface area contributed by atoms with Gasteiger partial charge in [0.15, 0.2) is 5.11 Å². The maximum atomic E-state index is 11.8. The van der Waals surface area contributed by atoms with Gasteiger partial charge >= 0.3 is 0 Å². The van der Waals surface area contributed by atoms with E-state index >= 15 is 0 Å². The van der Waals surface area contributed by atoms with Gasteiger partial charge in [0.1, 0.15) is 5.69 Å². The highest BCUT2D eigenvalue weighted by atomic mass is 32.1. The lowest BCUT2D eigenvalue weighted by Crippen LogP contribution is -2.57. The van der Waals surface area contributed by atoms with Gasteiger partial charge in [-0.3, -0.25) is 15.2 Å². The van der Waals surface area contributed by atoms with Crippen LogP contribution in [0.5, 0.6) is 0 Å². The summed E-state index contributed by atoms with van der Waals surface area (Å²) in [4.78, 5) is 20.1. The van der Waals surface area contributed by atoms with Gasteiger partial charge in [-0.2, -0.15) is 5.10 Å². The summed E-state index contributed by atoms with van der Waals surface area (Å²) in [6, 6.07) is 4.50. The van der Waals surface area contributed by atoms with Gasteiger partial charge in [0.25, 0.3) is 0 Å². The fourth-order valence-electron chi connectivity index (χ4n) is 3.41. The maximum Gasteiger partial charge on any atom is 0.223 e. The molecule has 3 rings (SSSR count). The lowest BCUT2D eigenvalue weighted by atomic mass is 10.1. The second-order valence-electron chi connectivity index (χ2n) is 6.64. The first-order chi connectivity index (χ1) is 12.0. The third kappa shape index (κ3) is 3.96. The Morgan fingerprint density at radius 1 is 1.40 bits per heavy atom. The van der Waals surface area contributed by atoms with Crippen LogP contribution in [0.25, 0.3) is 0 Å². The van der Waals surface area contributed by atoms with Crippen molar-refractivity contribution in [3.8, 4) is 0 Å². The van der Waals surface area contributed by atoms with Gasteiger partial charge in [-0.25, -0.2) is 0 Å². The number of hydrazone groups is 1. The van der Waals surface area contributed by atoms with Crippen LogP contribution in [0, 0.1) is 0 Å². The average Bonchev–Trinajstić information content (AvgIpc) is 2.58. The molecule has 3 heterocycles. The van der Waals surface area contributed by atoms with Crippen molar-refractivity contribution in [1.82, 2.24) is 20.6 Å². The van der Waals surface area contributed by atoms with Gasteiger partial charge in [0.05, 0.1) is 11.4 Å². The minimum Gasteiger partial charge on any atom is -0.345 e. The van der Waals surface area contributed by atoms with Crippen LogP contribution in [0.3, 0.4) is 0 Å². The third-order valence-electron chi connectivity index (χ3n) is 4.43. The molecule has 0 aliphatic carbocycles. The highest BCUT2D eigenvalue weighted by Gasteiger charge is 2.26. The number of rotatable bonds is 1. The van der Waals surface area contributed by atoms with Crippen LogP contribution in [0.1, 0.15) is 32.9 Å². The first kappa shape index (κ1) is 17.8. The molecule has 1 aromatic rings. The quantitative estimate of drug-likeness (QED) is 0.577. The highest BCUT2D eigenvalue weighted by Crippen LogP contribution is 2.25. The molecule has 0 spiro atoms. The summed E-state index contributed by atoms with van der Waals surface area (Å²) in [6.45, 7) is 8.17. The van der Waals surface area contributed by atoms with E-state index in [0.29, 0.717) is 30.2 Å². The second kappa shape index (κ2) is 7.45. The zero-order valence-corrected chi connectivity index (χ0v) is 15.6. The first-order valence-electron chi connectivity index (χ1n) is 8.56. The Kier molecular flexibility index (Phi) is 5.29. The average molecular weight is 360 g/mol. The number of anilines is 1. The van der Waals surface area contributed by atoms with Crippen LogP contribution in [-0.4, -0.2) is 58.3 Å². The Bertz CT molecular complexity index is 696. The summed E-state index contributed by atoms with van der Waals surface area (Å²) in [5.74, 6) is 0.0144. The Labute approximate surface area is 153 Å². The number of piperazine rings is 1. The number of fused-ring (bicyclic) bond motifs is 1. The predicted molar refractivity (Wildman–Crippen MR) is 103 cm³/mol. The molecule has 2 aliphatic rings. The van der Waals surface area contributed by atoms with Crippen LogP contribution in [-0.2, 0) is 4.79 Å². The molecule has 0 radical (unpaired) electrons. The Morgan fingerprint density at radius 2 is 2.12 bits per heavy atom. The Hall–Kier alpha value is -2.06. The van der Waals surface area contributed by atoms with Gasteiger partial charge in [-0.1, -0.05) is 0 Å². The molecule has 7 nitrogen and oxygen atoms in total. The second-order valence-corrected chi connectivity index (χ2v) is 7.03. The molecule has 2 atom stereocenters. The van der Waals surface area contributed by atoms with Crippen molar-refractivity contribution in [2.45, 2.75) is 39.3 Å². The minimum atomic E-state index is 0.0144. The van der Waals surface area contributed by atoms with E-state index in [-0.39, 0.29) is 5.91 Å². The summed E-state index contributed by atoms with van der Waals surface area (Å²) in [6.07, 6.45) is 2.36. The fourth-order valence-corrected chi connectivity index (χ4v) is 3.60. The highest BCUT2D eigenvalue weighted by molar-refractivity contribution is 7.80. The molecule has 8 heteroatoms. The van der Waals surface area contributed by atoms with E-state index in [1.807, 2.05) is 12.1 Å². The Balaban J connectivity index is 1.74. The van der Waals surface area contributed by atoms with Crippen molar-refractivity contribution in [3.05, 3.63) is 24.0 Å². The zero-order chi connectivity index (χ0) is 18.0. The first-order valence-corrected chi connectivity index (χ1v) is 8.97. The van der Waals surface area contributed by atoms with Gasteiger partial charge in [0, 0.05) is 51.3 Å². The number of nitrogens with zero attached hydrogens (tertiary/aromatic N) is 4. The zero-order valence-electron chi connectivity index (χ0n) is 14.8. The molecule has 1 amide bonds. The number of pyridine rings is 1. The summed E-state index contributed by atoms with van der Waals surface area (Å²) in [5.41, 5.74) is 5.39. The topological polar surface area (TPSA) is 72.9 Å². The summed E-state index contributed by atoms with van der Waals surface area (Å²) in [7, 11) is 0. The van der Waals surface area contributed by atoms with Crippen molar-refractivity contribution in [2.75, 3.05) is 24.5 Å². The molecule has 1 fully saturated rings. The van der Waals surface area contributed by atoms with Gasteiger partial charge in [-0.15, -0.1) is 0 Å². The minimum absolute atomic E-state index is 0.0144. The van der Waals surface area contributed by atoms with Crippen molar-refractivity contribution < 1.29 is 4.79 Å². The van der Waals surface area contributed by atoms with Crippen LogP contribution < -0.4 is 15.6 Å². The van der Waals surface area contributed by atoms with E-state index in [1.54, 1.807) is 18.0 Å². The molecule has 134 valence electrons. The van der Waals surface area contributed by atoms with E-state index in [2.05, 4.69) is 39.6 Å². The Morgan fingerprint density at radius 3 is 2.80 bits per heavy atom. The third-order valence-corrected chi connectivity index (χ3v) is 4.78. The predicted octanol–water partition coefficient (Wildman–Crippen LogP) is 1.10. The monoisotopic (exact) mass is 360 g/mol. The summed E-state index contributed by atoms with van der Waals surface area (Å²) < 4.78 is 0. The SMILES string of the molecule is CC(=O)N1CC/C(=N/NC(=S)N2C[C@@H](C)N[C@@H](C)C2)c2ncccc21. The van der Waals surface area contributed by atoms with E-state index in [9.17, 15) is 4.79 Å². The molecule has 2 N–H and O–H groups in total. The number of hydrogen-bond acceptors (Lipinski definition) is 5. The number of nitrogens with one attached hydrogen (secondary N) is 2. The maximum absolute atomic E-state index is 11.8. The molecule has 1 saturated heterocycles. The molecule has 2 aliphatic heterocycles. The normalized spacial score (nSPS) is 24.8. The van der Waals surface area contributed by atoms with Gasteiger partial charge in [-0.05, 0) is 38.2 Å². The standard InChI is InChI=1S/C17H24N6OS/c1-11-9-22(10-12(2)19-11)17(25)21-20-14-6-8-23(13(3)24)15-5-4-7-18-16(14)15/h4-5,7,11-12,19H,6,8-10H2,1-3H3,(H,21,25)/b20-14-/t11-,12+. The fraction of sp³-hybridized carbons (Fsp3) is 0.529. The van der Waals surface area contributed by atoms with Crippen LogP contribution >= 0.6 is 12.2 Å². The number of hydrogen-bond donors (Lipinski definition) is 2. The number of carbonyl (C=O) groups excluding carboxylic acids is 1. The van der Waals surface area contributed by atoms with Crippen molar-refractivity contribution in [1.29, 1.82) is 0 Å². The van der Waals surface area contributed by atoms with Crippen molar-refractivity contribution in [2.24, 2.45) is 5.10 Å². The number of aromatic nitrogens is 1. The van der Waals surface area contributed by atoms with E-state index in [0.717, 1.165) is 30.2 Å². The molecule has 0 unspecified atom stereocenters. The van der Waals surface area contributed by atoms with Crippen LogP contribution in [0.2, 0.25) is 0 Å². The van der Waals surface area contributed by atoms with E-state index in [4.69, 9.17) is 12.2 Å². The summed E-state index contributed by atoms with van der Waals surface area (Å²) in [5, 5.41) is 8.62. The van der Waals surface area contributed by atoms with E-state index < -0.39 is 0 Å². The smallest absolute Gasteiger partial charge is 0.223 e. The van der Waals surface area contributed by atoms with Crippen molar-refractivity contribution >= 4 is 34.6 Å². The van der Waals surface area contributed by atoms with Crippen LogP contribution in [0.15, 0.2) is 23.4 Å². The molecular formula is C17H24N6OS. The number of carbonyl (C=O) groups is 1. The number of amides is 1. The van der Waals surface area contributed by atoms with Crippen molar-refractivity contribution in [3.63, 3.8) is 0 Å². The molecule has 0 bridgehead atoms.